The van der Waals surface area contributed by atoms with Crippen LogP contribution in [0.5, 0.6) is 0 Å². The molecule has 1 aromatic heterocycles. The molecule has 0 fully saturated rings. The van der Waals surface area contributed by atoms with Gasteiger partial charge in [-0.3, -0.25) is 0 Å². The highest BCUT2D eigenvalue weighted by atomic mass is 19.4. The summed E-state index contributed by atoms with van der Waals surface area (Å²) in [5, 5.41) is 0. The average Bonchev–Trinajstić information content (AvgIpc) is 2.14. The van der Waals surface area contributed by atoms with Crippen molar-refractivity contribution in [1.82, 2.24) is 4.98 Å². The van der Waals surface area contributed by atoms with Crippen LogP contribution in [-0.2, 0) is 6.18 Å². The molecule has 0 unspecified atom stereocenters. The molecule has 0 aromatic carbocycles. The summed E-state index contributed by atoms with van der Waals surface area (Å²) in [5.74, 6) is 0.453. The predicted molar refractivity (Wildman–Crippen MR) is 61.8 cm³/mol. The summed E-state index contributed by atoms with van der Waals surface area (Å²) in [6, 6.07) is 1.85. The lowest BCUT2D eigenvalue weighted by Crippen LogP contribution is -2.24. The van der Waals surface area contributed by atoms with E-state index in [1.165, 1.54) is 0 Å². The molecule has 1 rings (SSSR count). The molecular formula is C11H16F3N3. The number of alkyl halides is 3. The van der Waals surface area contributed by atoms with Crippen LogP contribution in [0.1, 0.15) is 19.4 Å². The Hall–Kier alpha value is -1.46. The highest BCUT2D eigenvalue weighted by molar-refractivity contribution is 5.48. The lowest BCUT2D eigenvalue weighted by atomic mass is 10.2. The van der Waals surface area contributed by atoms with E-state index in [-0.39, 0.29) is 11.6 Å². The van der Waals surface area contributed by atoms with E-state index in [2.05, 4.69) is 4.98 Å². The number of hydrogen-bond donors (Lipinski definition) is 1. The molecule has 0 radical (unpaired) electrons. The molecule has 1 aromatic rings. The molecule has 2 N–H and O–H groups in total. The van der Waals surface area contributed by atoms with Gasteiger partial charge in [0.2, 0.25) is 0 Å². The van der Waals surface area contributed by atoms with Crippen LogP contribution in [-0.4, -0.2) is 18.6 Å². The van der Waals surface area contributed by atoms with Gasteiger partial charge in [0.15, 0.2) is 0 Å². The van der Waals surface area contributed by atoms with Crippen molar-refractivity contribution in [1.29, 1.82) is 0 Å². The fourth-order valence-electron chi connectivity index (χ4n) is 1.54. The second kappa shape index (κ2) is 4.81. The third kappa shape index (κ3) is 3.80. The molecule has 96 valence electrons. The first-order chi connectivity index (χ1) is 7.70. The van der Waals surface area contributed by atoms with Crippen LogP contribution < -0.4 is 10.6 Å². The van der Waals surface area contributed by atoms with Gasteiger partial charge in [0.05, 0.1) is 5.56 Å². The molecule has 0 aliphatic heterocycles. The van der Waals surface area contributed by atoms with Crippen molar-refractivity contribution in [2.75, 3.05) is 24.2 Å². The first-order valence-electron chi connectivity index (χ1n) is 5.26. The quantitative estimate of drug-likeness (QED) is 0.893. The molecule has 0 amide bonds. The van der Waals surface area contributed by atoms with E-state index in [9.17, 15) is 13.2 Å². The minimum atomic E-state index is -4.40. The van der Waals surface area contributed by atoms with Gasteiger partial charge in [0.1, 0.15) is 11.6 Å². The van der Waals surface area contributed by atoms with Gasteiger partial charge in [-0.25, -0.2) is 4.98 Å². The number of halogens is 3. The van der Waals surface area contributed by atoms with Crippen LogP contribution in [0.3, 0.4) is 0 Å². The summed E-state index contributed by atoms with van der Waals surface area (Å²) in [7, 11) is 1.70. The van der Waals surface area contributed by atoms with E-state index in [4.69, 9.17) is 5.73 Å². The Labute approximate surface area is 98.4 Å². The van der Waals surface area contributed by atoms with Gasteiger partial charge >= 0.3 is 6.18 Å². The Balaban J connectivity index is 3.05. The molecule has 0 aliphatic rings. The van der Waals surface area contributed by atoms with E-state index < -0.39 is 11.7 Å². The molecule has 3 nitrogen and oxygen atoms in total. The number of rotatable bonds is 3. The highest BCUT2D eigenvalue weighted by Gasteiger charge is 2.31. The van der Waals surface area contributed by atoms with Crippen molar-refractivity contribution in [3.8, 4) is 0 Å². The van der Waals surface area contributed by atoms with Gasteiger partial charge in [-0.2, -0.15) is 13.2 Å². The van der Waals surface area contributed by atoms with E-state index in [0.717, 1.165) is 12.1 Å². The Kier molecular flexibility index (Phi) is 3.85. The summed E-state index contributed by atoms with van der Waals surface area (Å²) in [4.78, 5) is 5.57. The molecule has 1 heterocycles. The number of nitrogen functional groups attached to an aromatic ring is 1. The van der Waals surface area contributed by atoms with Gasteiger partial charge in [0, 0.05) is 13.6 Å². The fourth-order valence-corrected chi connectivity index (χ4v) is 1.54. The van der Waals surface area contributed by atoms with Crippen LogP contribution in [0.15, 0.2) is 12.1 Å². The van der Waals surface area contributed by atoms with Gasteiger partial charge in [0.25, 0.3) is 0 Å². The normalized spacial score (nSPS) is 11.9. The van der Waals surface area contributed by atoms with E-state index in [1.807, 2.05) is 13.8 Å². The van der Waals surface area contributed by atoms with Gasteiger partial charge < -0.3 is 10.6 Å². The molecule has 6 heteroatoms. The van der Waals surface area contributed by atoms with Crippen LogP contribution in [0.25, 0.3) is 0 Å². The number of pyridine rings is 1. The monoisotopic (exact) mass is 247 g/mol. The largest absolute Gasteiger partial charge is 0.416 e. The van der Waals surface area contributed by atoms with Crippen LogP contribution in [0.2, 0.25) is 0 Å². The zero-order valence-corrected chi connectivity index (χ0v) is 10.0. The second-order valence-electron chi connectivity index (χ2n) is 4.41. The highest BCUT2D eigenvalue weighted by Crippen LogP contribution is 2.32. The minimum Gasteiger partial charge on any atom is -0.384 e. The van der Waals surface area contributed by atoms with Crippen molar-refractivity contribution < 1.29 is 13.2 Å². The third-order valence-corrected chi connectivity index (χ3v) is 2.19. The maximum atomic E-state index is 12.6. The lowest BCUT2D eigenvalue weighted by Gasteiger charge is -2.21. The van der Waals surface area contributed by atoms with Crippen LogP contribution in [0, 0.1) is 5.92 Å². The molecule has 0 aliphatic carbocycles. The average molecular weight is 247 g/mol. The Morgan fingerprint density at radius 3 is 2.41 bits per heavy atom. The van der Waals surface area contributed by atoms with Gasteiger partial charge in [-0.05, 0) is 18.1 Å². The fraction of sp³-hybridized carbons (Fsp3) is 0.545. The van der Waals surface area contributed by atoms with Crippen molar-refractivity contribution in [2.45, 2.75) is 20.0 Å². The Morgan fingerprint density at radius 2 is 1.94 bits per heavy atom. The van der Waals surface area contributed by atoms with Crippen molar-refractivity contribution in [2.24, 2.45) is 5.92 Å². The van der Waals surface area contributed by atoms with Crippen molar-refractivity contribution >= 4 is 11.6 Å². The van der Waals surface area contributed by atoms with Crippen molar-refractivity contribution in [3.05, 3.63) is 17.7 Å². The summed E-state index contributed by atoms with van der Waals surface area (Å²) < 4.78 is 37.7. The molecule has 0 spiro atoms. The number of anilines is 2. The van der Waals surface area contributed by atoms with E-state index >= 15 is 0 Å². The van der Waals surface area contributed by atoms with Crippen LogP contribution >= 0.6 is 0 Å². The zero-order valence-electron chi connectivity index (χ0n) is 10.0. The van der Waals surface area contributed by atoms with Gasteiger partial charge in [-0.15, -0.1) is 0 Å². The standard InChI is InChI=1S/C11H16F3N3/c1-7(2)6-17(3)10-5-8(11(12,13)14)4-9(15)16-10/h4-5,7H,6H2,1-3H3,(H2,15,16). The minimum absolute atomic E-state index is 0.120. The lowest BCUT2D eigenvalue weighted by molar-refractivity contribution is -0.137. The first kappa shape index (κ1) is 13.6. The van der Waals surface area contributed by atoms with Crippen molar-refractivity contribution in [3.63, 3.8) is 0 Å². The summed E-state index contributed by atoms with van der Waals surface area (Å²) in [5.41, 5.74) is 4.62. The smallest absolute Gasteiger partial charge is 0.384 e. The maximum Gasteiger partial charge on any atom is 0.416 e. The van der Waals surface area contributed by atoms with E-state index in [0.29, 0.717) is 12.5 Å². The molecule has 17 heavy (non-hydrogen) atoms. The number of nitrogens with zero attached hydrogens (tertiary/aromatic N) is 2. The molecule has 0 saturated carbocycles. The number of aromatic nitrogens is 1. The van der Waals surface area contributed by atoms with Crippen LogP contribution in [0.4, 0.5) is 24.8 Å². The summed E-state index contributed by atoms with van der Waals surface area (Å²) in [6.45, 7) is 4.58. The Bertz CT molecular complexity index is 388. The summed E-state index contributed by atoms with van der Waals surface area (Å²) >= 11 is 0. The topological polar surface area (TPSA) is 42.1 Å². The first-order valence-corrected chi connectivity index (χ1v) is 5.26. The van der Waals surface area contributed by atoms with E-state index in [1.54, 1.807) is 11.9 Å². The summed E-state index contributed by atoms with van der Waals surface area (Å²) in [6.07, 6.45) is -4.40. The molecule has 0 bridgehead atoms. The second-order valence-corrected chi connectivity index (χ2v) is 4.41. The Morgan fingerprint density at radius 1 is 1.35 bits per heavy atom. The third-order valence-electron chi connectivity index (χ3n) is 2.19. The number of hydrogen-bond acceptors (Lipinski definition) is 3. The SMILES string of the molecule is CC(C)CN(C)c1cc(C(F)(F)F)cc(N)n1. The number of nitrogens with two attached hydrogens (primary N) is 1. The predicted octanol–water partition coefficient (Wildman–Crippen LogP) is 2.77. The molecule has 0 atom stereocenters. The zero-order chi connectivity index (χ0) is 13.2. The van der Waals surface area contributed by atoms with Gasteiger partial charge in [-0.1, -0.05) is 13.8 Å². The molecule has 0 saturated heterocycles. The maximum absolute atomic E-state index is 12.6. The molecular weight excluding hydrogens is 231 g/mol.